The van der Waals surface area contributed by atoms with E-state index in [1.54, 1.807) is 35.5 Å². The van der Waals surface area contributed by atoms with Crippen molar-refractivity contribution in [3.8, 4) is 0 Å². The first-order valence-corrected chi connectivity index (χ1v) is 14.0. The van der Waals surface area contributed by atoms with E-state index in [1.807, 2.05) is 18.2 Å². The number of nitrogens with zero attached hydrogens (tertiary/aromatic N) is 5. The normalized spacial score (nSPS) is 19.4. The molecule has 3 N–H and O–H groups in total. The molecule has 2 saturated heterocycles. The molecule has 0 aliphatic carbocycles. The van der Waals surface area contributed by atoms with Crippen molar-refractivity contribution in [2.75, 3.05) is 49.6 Å². The molecule has 6 rings (SSSR count). The van der Waals surface area contributed by atoms with Gasteiger partial charge in [0.05, 0.1) is 41.3 Å². The monoisotopic (exact) mass is 575 g/mol. The van der Waals surface area contributed by atoms with Crippen molar-refractivity contribution in [1.29, 1.82) is 0 Å². The number of pyridine rings is 1. The number of carbonyl (C=O) groups is 2. The average Bonchev–Trinajstić information content (AvgIpc) is 3.47. The number of halogens is 1. The summed E-state index contributed by atoms with van der Waals surface area (Å²) in [4.78, 5) is 47.0. The van der Waals surface area contributed by atoms with Gasteiger partial charge >= 0.3 is 0 Å². The van der Waals surface area contributed by atoms with Gasteiger partial charge in [0.25, 0.3) is 5.91 Å². The first kappa shape index (κ1) is 27.1. The van der Waals surface area contributed by atoms with E-state index >= 15 is 0 Å². The molecule has 0 saturated carbocycles. The van der Waals surface area contributed by atoms with Gasteiger partial charge in [0, 0.05) is 49.7 Å². The Balaban J connectivity index is 1.17. The van der Waals surface area contributed by atoms with Crippen molar-refractivity contribution in [1.82, 2.24) is 24.8 Å². The third kappa shape index (κ3) is 5.61. The fourth-order valence-corrected chi connectivity index (χ4v) is 5.61. The number of nitrogens with one attached hydrogen (secondary N) is 2. The molecule has 4 aromatic rings. The number of aliphatic hydroxyl groups is 1. The highest BCUT2D eigenvalue weighted by Crippen LogP contribution is 2.30. The largest absolute Gasteiger partial charge is 0.394 e. The predicted octanol–water partition coefficient (Wildman–Crippen LogP) is 3.15. The summed E-state index contributed by atoms with van der Waals surface area (Å²) in [6, 6.07) is 10.6. The van der Waals surface area contributed by atoms with Crippen LogP contribution >= 0.6 is 11.6 Å². The molecule has 3 aromatic heterocycles. The maximum absolute atomic E-state index is 13.7. The number of carbonyl (C=O) groups excluding carboxylic acids is 2. The van der Waals surface area contributed by atoms with Crippen LogP contribution in [0.5, 0.6) is 0 Å². The number of ketones is 1. The molecule has 2 aliphatic heterocycles. The van der Waals surface area contributed by atoms with Gasteiger partial charge in [0.15, 0.2) is 5.78 Å². The number of anilines is 2. The van der Waals surface area contributed by atoms with Crippen LogP contribution in [0.4, 0.5) is 11.6 Å². The molecule has 41 heavy (non-hydrogen) atoms. The average molecular weight is 576 g/mol. The third-order valence-electron chi connectivity index (χ3n) is 7.63. The smallest absolute Gasteiger partial charge is 0.254 e. The van der Waals surface area contributed by atoms with Gasteiger partial charge < -0.3 is 29.9 Å². The SMILES string of the molecule is O=C(c1ccc(C(=O)N2CCN(c3ccccn3)CC2)cc1Cl)c1c[nH]c2ncnc(N[C@@H]3CC[C@@H](CO)OC3)c12. The van der Waals surface area contributed by atoms with E-state index in [9.17, 15) is 14.7 Å². The van der Waals surface area contributed by atoms with Crippen LogP contribution in [0.25, 0.3) is 11.0 Å². The minimum atomic E-state index is -0.303. The second kappa shape index (κ2) is 11.8. The van der Waals surface area contributed by atoms with Crippen molar-refractivity contribution in [2.24, 2.45) is 0 Å². The molecule has 2 fully saturated rings. The lowest BCUT2D eigenvalue weighted by molar-refractivity contribution is -0.0224. The van der Waals surface area contributed by atoms with E-state index in [4.69, 9.17) is 16.3 Å². The Labute approximate surface area is 241 Å². The molecule has 1 aromatic carbocycles. The van der Waals surface area contributed by atoms with Gasteiger partial charge in [-0.3, -0.25) is 9.59 Å². The van der Waals surface area contributed by atoms with Crippen molar-refractivity contribution in [3.05, 3.63) is 76.8 Å². The van der Waals surface area contributed by atoms with E-state index in [-0.39, 0.29) is 41.0 Å². The molecule has 0 unspecified atom stereocenters. The maximum atomic E-state index is 13.7. The Morgan fingerprint density at radius 1 is 1.07 bits per heavy atom. The molecule has 2 atom stereocenters. The number of aliphatic hydroxyl groups excluding tert-OH is 1. The second-order valence-electron chi connectivity index (χ2n) is 10.2. The van der Waals surface area contributed by atoms with E-state index in [0.717, 1.165) is 18.7 Å². The second-order valence-corrected chi connectivity index (χ2v) is 10.6. The summed E-state index contributed by atoms with van der Waals surface area (Å²) in [6.45, 7) is 2.90. The molecule has 212 valence electrons. The summed E-state index contributed by atoms with van der Waals surface area (Å²) in [5.41, 5.74) is 1.61. The molecule has 0 radical (unpaired) electrons. The van der Waals surface area contributed by atoms with Crippen LogP contribution in [0.2, 0.25) is 5.02 Å². The summed E-state index contributed by atoms with van der Waals surface area (Å²) in [7, 11) is 0. The molecule has 11 nitrogen and oxygen atoms in total. The quantitative estimate of drug-likeness (QED) is 0.284. The van der Waals surface area contributed by atoms with Gasteiger partial charge in [0.1, 0.15) is 23.6 Å². The third-order valence-corrected chi connectivity index (χ3v) is 7.94. The van der Waals surface area contributed by atoms with Crippen LogP contribution in [0, 0.1) is 0 Å². The Bertz CT molecular complexity index is 1550. The summed E-state index contributed by atoms with van der Waals surface area (Å²) in [5.74, 6) is 0.983. The lowest BCUT2D eigenvalue weighted by Gasteiger charge is -2.35. The zero-order valence-electron chi connectivity index (χ0n) is 22.3. The Kier molecular flexibility index (Phi) is 7.82. The zero-order chi connectivity index (χ0) is 28.3. The minimum Gasteiger partial charge on any atom is -0.394 e. The zero-order valence-corrected chi connectivity index (χ0v) is 23.0. The summed E-state index contributed by atoms with van der Waals surface area (Å²) >= 11 is 6.60. The standard InChI is InChI=1S/C29H30ClN7O4/c30-23-13-18(29(40)37-11-9-36(10-12-37)24-3-1-2-8-31-24)4-7-21(23)26(39)22-14-32-27-25(22)28(34-17-33-27)35-19-5-6-20(15-38)41-16-19/h1-4,7-8,13-14,17,19-20,38H,5-6,9-12,15-16H2,(H2,32,33,34,35)/t19-,20+/m1/s1. The van der Waals surface area contributed by atoms with Crippen molar-refractivity contribution < 1.29 is 19.4 Å². The Hall–Kier alpha value is -4.06. The molecule has 0 spiro atoms. The molecule has 2 aliphatic rings. The highest BCUT2D eigenvalue weighted by molar-refractivity contribution is 6.36. The minimum absolute atomic E-state index is 0.00527. The Morgan fingerprint density at radius 3 is 2.63 bits per heavy atom. The fraction of sp³-hybridized carbons (Fsp3) is 0.345. The predicted molar refractivity (Wildman–Crippen MR) is 155 cm³/mol. The van der Waals surface area contributed by atoms with E-state index in [0.29, 0.717) is 60.8 Å². The Morgan fingerprint density at radius 2 is 1.93 bits per heavy atom. The van der Waals surface area contributed by atoms with E-state index < -0.39 is 0 Å². The lowest BCUT2D eigenvalue weighted by Crippen LogP contribution is -2.49. The van der Waals surface area contributed by atoms with Gasteiger partial charge in [-0.15, -0.1) is 0 Å². The van der Waals surface area contributed by atoms with Crippen LogP contribution in [-0.4, -0.2) is 93.2 Å². The number of rotatable bonds is 7. The first-order valence-electron chi connectivity index (χ1n) is 13.6. The number of ether oxygens (including phenoxy) is 1. The number of piperazine rings is 1. The number of aromatic amines is 1. The highest BCUT2D eigenvalue weighted by atomic mass is 35.5. The summed E-state index contributed by atoms with van der Waals surface area (Å²) in [6.07, 6.45) is 6.15. The van der Waals surface area contributed by atoms with Crippen molar-refractivity contribution in [2.45, 2.75) is 25.0 Å². The number of H-pyrrole nitrogens is 1. The molecule has 0 bridgehead atoms. The summed E-state index contributed by atoms with van der Waals surface area (Å²) < 4.78 is 5.68. The lowest BCUT2D eigenvalue weighted by atomic mass is 10.0. The van der Waals surface area contributed by atoms with E-state index in [2.05, 4.69) is 30.2 Å². The molecular formula is C29H30ClN7O4. The highest BCUT2D eigenvalue weighted by Gasteiger charge is 2.27. The fourth-order valence-electron chi connectivity index (χ4n) is 5.35. The van der Waals surface area contributed by atoms with Crippen LogP contribution in [0.3, 0.4) is 0 Å². The number of fused-ring (bicyclic) bond motifs is 1. The number of aromatic nitrogens is 4. The topological polar surface area (TPSA) is 137 Å². The first-order chi connectivity index (χ1) is 20.0. The van der Waals surface area contributed by atoms with Crippen LogP contribution in [0.15, 0.2) is 55.1 Å². The van der Waals surface area contributed by atoms with Crippen molar-refractivity contribution >= 4 is 46.0 Å². The molecule has 5 heterocycles. The van der Waals surface area contributed by atoms with E-state index in [1.165, 1.54) is 6.33 Å². The summed E-state index contributed by atoms with van der Waals surface area (Å²) in [5, 5.41) is 13.5. The van der Waals surface area contributed by atoms with Gasteiger partial charge in [-0.25, -0.2) is 15.0 Å². The van der Waals surface area contributed by atoms with Gasteiger partial charge in [-0.1, -0.05) is 17.7 Å². The molecular weight excluding hydrogens is 546 g/mol. The number of amides is 1. The van der Waals surface area contributed by atoms with Crippen LogP contribution in [0.1, 0.15) is 39.1 Å². The maximum Gasteiger partial charge on any atom is 0.254 e. The van der Waals surface area contributed by atoms with Gasteiger partial charge in [-0.2, -0.15) is 0 Å². The number of hydrogen-bond acceptors (Lipinski definition) is 9. The van der Waals surface area contributed by atoms with Crippen LogP contribution in [-0.2, 0) is 4.74 Å². The molecule has 12 heteroatoms. The van der Waals surface area contributed by atoms with Gasteiger partial charge in [0.2, 0.25) is 0 Å². The van der Waals surface area contributed by atoms with Crippen molar-refractivity contribution in [3.63, 3.8) is 0 Å². The number of hydrogen-bond donors (Lipinski definition) is 3. The van der Waals surface area contributed by atoms with Crippen LogP contribution < -0.4 is 10.2 Å². The van der Waals surface area contributed by atoms with Gasteiger partial charge in [-0.05, 0) is 43.2 Å². The molecule has 1 amide bonds. The number of benzene rings is 1.